The van der Waals surface area contributed by atoms with Gasteiger partial charge in [0.2, 0.25) is 0 Å². The topological polar surface area (TPSA) is 96.9 Å². The van der Waals surface area contributed by atoms with Crippen LogP contribution in [0.15, 0.2) is 89.3 Å². The van der Waals surface area contributed by atoms with Crippen molar-refractivity contribution in [2.75, 3.05) is 19.5 Å². The van der Waals surface area contributed by atoms with Gasteiger partial charge in [0.1, 0.15) is 5.75 Å². The van der Waals surface area contributed by atoms with Crippen molar-refractivity contribution in [1.82, 2.24) is 5.32 Å². The first-order chi connectivity index (χ1) is 18.8. The number of aryl methyl sites for hydroxylation is 1. The summed E-state index contributed by atoms with van der Waals surface area (Å²) in [6, 6.07) is 20.1. The summed E-state index contributed by atoms with van der Waals surface area (Å²) in [5, 5.41) is 16.3. The van der Waals surface area contributed by atoms with Crippen LogP contribution in [0.2, 0.25) is 0 Å². The number of carbonyl (C=O) groups is 2. The molecular weight excluding hydrogens is 492 g/mol. The highest BCUT2D eigenvalue weighted by Crippen LogP contribution is 2.46. The van der Waals surface area contributed by atoms with E-state index in [9.17, 15) is 14.7 Å². The summed E-state index contributed by atoms with van der Waals surface area (Å²) < 4.78 is 10.9. The Labute approximate surface area is 228 Å². The third kappa shape index (κ3) is 5.12. The quantitative estimate of drug-likeness (QED) is 0.382. The van der Waals surface area contributed by atoms with Gasteiger partial charge < -0.3 is 25.2 Å². The Kier molecular flexibility index (Phi) is 7.15. The van der Waals surface area contributed by atoms with Gasteiger partial charge in [0.25, 0.3) is 5.91 Å². The van der Waals surface area contributed by atoms with Gasteiger partial charge in [-0.3, -0.25) is 9.59 Å². The molecule has 1 aliphatic heterocycles. The molecule has 1 aliphatic carbocycles. The van der Waals surface area contributed by atoms with Crippen molar-refractivity contribution >= 4 is 17.4 Å². The summed E-state index contributed by atoms with van der Waals surface area (Å²) in [6.07, 6.45) is 0.909. The van der Waals surface area contributed by atoms with E-state index >= 15 is 0 Å². The van der Waals surface area contributed by atoms with E-state index in [1.165, 1.54) is 0 Å². The maximum Gasteiger partial charge on any atom is 0.254 e. The number of phenolic OH excluding ortho intramolecular Hbond substituents is 1. The molecule has 200 valence electrons. The highest BCUT2D eigenvalue weighted by Gasteiger charge is 2.41. The first kappa shape index (κ1) is 26.1. The number of Topliss-reactive ketones (excluding diaryl/α,β-unsaturated/α-hetero) is 1. The number of ether oxygens (including phenoxy) is 2. The SMILES string of the molecule is COc1ccc([C@@H]2CC(=O)C3=C(C2)NC(C)=C(C(=O)Nc2ccc(C)cc2)[C@H]3c2ccc(O)cc2)cc1OC. The Balaban J connectivity index is 1.53. The lowest BCUT2D eigenvalue weighted by Gasteiger charge is -2.37. The Hall–Kier alpha value is -4.52. The van der Waals surface area contributed by atoms with Gasteiger partial charge in [-0.2, -0.15) is 0 Å². The molecule has 0 saturated heterocycles. The second-order valence-corrected chi connectivity index (χ2v) is 10.0. The van der Waals surface area contributed by atoms with Crippen molar-refractivity contribution < 1.29 is 24.2 Å². The summed E-state index contributed by atoms with van der Waals surface area (Å²) in [5.74, 6) is 0.460. The van der Waals surface area contributed by atoms with Crippen molar-refractivity contribution in [2.24, 2.45) is 0 Å². The van der Waals surface area contributed by atoms with Crippen molar-refractivity contribution in [1.29, 1.82) is 0 Å². The Morgan fingerprint density at radius 1 is 0.897 bits per heavy atom. The molecule has 0 radical (unpaired) electrons. The molecule has 3 aromatic carbocycles. The molecule has 0 saturated carbocycles. The van der Waals surface area contributed by atoms with Crippen LogP contribution in [0, 0.1) is 6.92 Å². The molecule has 3 aromatic rings. The van der Waals surface area contributed by atoms with E-state index in [0.29, 0.717) is 46.9 Å². The average molecular weight is 525 g/mol. The van der Waals surface area contributed by atoms with Gasteiger partial charge in [-0.15, -0.1) is 0 Å². The Morgan fingerprint density at radius 3 is 2.23 bits per heavy atom. The van der Waals surface area contributed by atoms with Crippen LogP contribution in [0.3, 0.4) is 0 Å². The maximum atomic E-state index is 13.9. The molecule has 2 atom stereocenters. The third-order valence-electron chi connectivity index (χ3n) is 7.49. The van der Waals surface area contributed by atoms with E-state index in [1.54, 1.807) is 38.5 Å². The predicted molar refractivity (Wildman–Crippen MR) is 150 cm³/mol. The van der Waals surface area contributed by atoms with Crippen LogP contribution in [0.1, 0.15) is 48.3 Å². The lowest BCUT2D eigenvalue weighted by atomic mass is 9.71. The number of nitrogens with one attached hydrogen (secondary N) is 2. The van der Waals surface area contributed by atoms with Crippen LogP contribution >= 0.6 is 0 Å². The molecule has 3 N–H and O–H groups in total. The van der Waals surface area contributed by atoms with Crippen molar-refractivity contribution in [2.45, 2.75) is 38.5 Å². The number of hydrogen-bond donors (Lipinski definition) is 3. The summed E-state index contributed by atoms with van der Waals surface area (Å²) in [4.78, 5) is 27.5. The molecule has 0 aromatic heterocycles. The minimum absolute atomic E-state index is 0.0188. The fraction of sp³-hybridized carbons (Fsp3) is 0.250. The van der Waals surface area contributed by atoms with E-state index < -0.39 is 5.92 Å². The number of allylic oxidation sites excluding steroid dienone is 3. The van der Waals surface area contributed by atoms with Crippen LogP contribution in [0.4, 0.5) is 5.69 Å². The van der Waals surface area contributed by atoms with E-state index in [1.807, 2.05) is 56.3 Å². The molecule has 7 heteroatoms. The number of ketones is 1. The number of amides is 1. The summed E-state index contributed by atoms with van der Waals surface area (Å²) in [5.41, 5.74) is 6.11. The number of dihydropyridines is 1. The standard InChI is InChI=1S/C32H32N2O5/c1-18-5-10-23(11-6-18)34-32(37)29-19(2)33-25-15-22(21-9-14-27(38-3)28(17-21)39-4)16-26(36)31(25)30(29)20-7-12-24(35)13-8-20/h5-14,17,22,30,33,35H,15-16H2,1-4H3,(H,34,37)/t22-,30+/m0/s1. The van der Waals surface area contributed by atoms with E-state index in [4.69, 9.17) is 9.47 Å². The van der Waals surface area contributed by atoms with Crippen molar-refractivity contribution in [3.8, 4) is 17.2 Å². The van der Waals surface area contributed by atoms with Gasteiger partial charge in [-0.25, -0.2) is 0 Å². The first-order valence-corrected chi connectivity index (χ1v) is 12.9. The van der Waals surface area contributed by atoms with Gasteiger partial charge in [-0.1, -0.05) is 35.9 Å². The number of methoxy groups -OCH3 is 2. The molecule has 39 heavy (non-hydrogen) atoms. The molecular formula is C32H32N2O5. The van der Waals surface area contributed by atoms with E-state index in [0.717, 1.165) is 22.4 Å². The number of anilines is 1. The Bertz CT molecular complexity index is 1490. The zero-order valence-corrected chi connectivity index (χ0v) is 22.5. The highest BCUT2D eigenvalue weighted by molar-refractivity contribution is 6.10. The third-order valence-corrected chi connectivity index (χ3v) is 7.49. The number of carbonyl (C=O) groups excluding carboxylic acids is 2. The zero-order valence-electron chi connectivity index (χ0n) is 22.5. The van der Waals surface area contributed by atoms with Crippen molar-refractivity contribution in [3.63, 3.8) is 0 Å². The fourth-order valence-electron chi connectivity index (χ4n) is 5.52. The van der Waals surface area contributed by atoms with Crippen LogP contribution < -0.4 is 20.1 Å². The zero-order chi connectivity index (χ0) is 27.7. The second kappa shape index (κ2) is 10.7. The number of aromatic hydroxyl groups is 1. The number of benzene rings is 3. The average Bonchev–Trinajstić information content (AvgIpc) is 2.93. The molecule has 5 rings (SSSR count). The highest BCUT2D eigenvalue weighted by atomic mass is 16.5. The maximum absolute atomic E-state index is 13.9. The van der Waals surface area contributed by atoms with Crippen LogP contribution in [-0.2, 0) is 9.59 Å². The van der Waals surface area contributed by atoms with Gasteiger partial charge in [0.05, 0.1) is 14.2 Å². The molecule has 1 amide bonds. The number of hydrogen-bond acceptors (Lipinski definition) is 6. The molecule has 1 heterocycles. The molecule has 0 spiro atoms. The summed E-state index contributed by atoms with van der Waals surface area (Å²) in [7, 11) is 3.19. The summed E-state index contributed by atoms with van der Waals surface area (Å²) >= 11 is 0. The van der Waals surface area contributed by atoms with Crippen molar-refractivity contribution in [3.05, 3.63) is 106 Å². The first-order valence-electron chi connectivity index (χ1n) is 12.9. The summed E-state index contributed by atoms with van der Waals surface area (Å²) in [6.45, 7) is 3.86. The van der Waals surface area contributed by atoms with Crippen LogP contribution in [-0.4, -0.2) is 31.0 Å². The second-order valence-electron chi connectivity index (χ2n) is 10.0. The predicted octanol–water partition coefficient (Wildman–Crippen LogP) is 5.72. The molecule has 7 nitrogen and oxygen atoms in total. The van der Waals surface area contributed by atoms with Gasteiger partial charge in [-0.05, 0) is 73.7 Å². The molecule has 2 aliphatic rings. The largest absolute Gasteiger partial charge is 0.508 e. The number of rotatable bonds is 6. The lowest BCUT2D eigenvalue weighted by molar-refractivity contribution is -0.116. The van der Waals surface area contributed by atoms with E-state index in [-0.39, 0.29) is 23.4 Å². The lowest BCUT2D eigenvalue weighted by Crippen LogP contribution is -2.37. The van der Waals surface area contributed by atoms with E-state index in [2.05, 4.69) is 10.6 Å². The van der Waals surface area contributed by atoms with Crippen LogP contribution in [0.5, 0.6) is 17.2 Å². The normalized spacial score (nSPS) is 18.8. The molecule has 0 fully saturated rings. The monoisotopic (exact) mass is 524 g/mol. The molecule has 0 unspecified atom stereocenters. The number of phenols is 1. The van der Waals surface area contributed by atoms with Gasteiger partial charge in [0, 0.05) is 40.6 Å². The smallest absolute Gasteiger partial charge is 0.254 e. The van der Waals surface area contributed by atoms with Gasteiger partial charge in [0.15, 0.2) is 17.3 Å². The molecule has 0 bridgehead atoms. The Morgan fingerprint density at radius 2 is 1.56 bits per heavy atom. The fourth-order valence-corrected chi connectivity index (χ4v) is 5.52. The van der Waals surface area contributed by atoms with Gasteiger partial charge >= 0.3 is 0 Å². The van der Waals surface area contributed by atoms with Crippen LogP contribution in [0.25, 0.3) is 0 Å². The minimum atomic E-state index is -0.564. The minimum Gasteiger partial charge on any atom is -0.508 e.